The SMILES string of the molecule is Cc1ccc(CC(=O)N/N=C/c2cc(Cl)ccc2OCc2ccc(F)cc2)c(C)c1. The molecule has 4 nitrogen and oxygen atoms in total. The van der Waals surface area contributed by atoms with E-state index in [4.69, 9.17) is 16.3 Å². The second kappa shape index (κ2) is 10.0. The zero-order valence-corrected chi connectivity index (χ0v) is 17.5. The molecule has 3 aromatic carbocycles. The van der Waals surface area contributed by atoms with Crippen LogP contribution in [0.25, 0.3) is 0 Å². The van der Waals surface area contributed by atoms with Gasteiger partial charge in [0.1, 0.15) is 18.2 Å². The third kappa shape index (κ3) is 6.16. The summed E-state index contributed by atoms with van der Waals surface area (Å²) >= 11 is 6.08. The van der Waals surface area contributed by atoms with Crippen LogP contribution < -0.4 is 10.2 Å². The molecule has 0 bridgehead atoms. The van der Waals surface area contributed by atoms with Crippen LogP contribution in [0.2, 0.25) is 5.02 Å². The van der Waals surface area contributed by atoms with Gasteiger partial charge >= 0.3 is 0 Å². The summed E-state index contributed by atoms with van der Waals surface area (Å²) in [5, 5.41) is 4.56. The van der Waals surface area contributed by atoms with Crippen molar-refractivity contribution in [3.05, 3.63) is 99.3 Å². The minimum Gasteiger partial charge on any atom is -0.488 e. The molecule has 0 aliphatic heterocycles. The first-order valence-corrected chi connectivity index (χ1v) is 9.83. The maximum atomic E-state index is 13.0. The molecule has 1 amide bonds. The van der Waals surface area contributed by atoms with Gasteiger partial charge < -0.3 is 4.74 Å². The van der Waals surface area contributed by atoms with E-state index in [2.05, 4.69) is 10.5 Å². The second-order valence-corrected chi connectivity index (χ2v) is 7.43. The Bertz CT molecular complexity index is 1070. The van der Waals surface area contributed by atoms with E-state index >= 15 is 0 Å². The molecular formula is C24H22ClFN2O2. The molecule has 0 saturated carbocycles. The minimum atomic E-state index is -0.297. The van der Waals surface area contributed by atoms with Crippen molar-refractivity contribution >= 4 is 23.7 Å². The maximum absolute atomic E-state index is 13.0. The van der Waals surface area contributed by atoms with Crippen LogP contribution in [-0.4, -0.2) is 12.1 Å². The van der Waals surface area contributed by atoms with Crippen molar-refractivity contribution in [2.24, 2.45) is 5.10 Å². The van der Waals surface area contributed by atoms with Gasteiger partial charge in [-0.1, -0.05) is 47.5 Å². The summed E-state index contributed by atoms with van der Waals surface area (Å²) in [7, 11) is 0. The van der Waals surface area contributed by atoms with E-state index in [1.54, 1.807) is 30.3 Å². The molecule has 0 radical (unpaired) electrons. The van der Waals surface area contributed by atoms with Crippen LogP contribution in [0.15, 0.2) is 65.8 Å². The van der Waals surface area contributed by atoms with Crippen molar-refractivity contribution in [1.82, 2.24) is 5.43 Å². The molecule has 154 valence electrons. The third-order valence-corrected chi connectivity index (χ3v) is 4.76. The topological polar surface area (TPSA) is 50.7 Å². The van der Waals surface area contributed by atoms with Gasteiger partial charge in [-0.25, -0.2) is 9.82 Å². The Labute approximate surface area is 180 Å². The predicted octanol–water partition coefficient (Wildman–Crippen LogP) is 5.37. The van der Waals surface area contributed by atoms with Crippen molar-refractivity contribution < 1.29 is 13.9 Å². The first-order chi connectivity index (χ1) is 14.4. The lowest BCUT2D eigenvalue weighted by molar-refractivity contribution is -0.120. The lowest BCUT2D eigenvalue weighted by Crippen LogP contribution is -2.20. The van der Waals surface area contributed by atoms with Crippen LogP contribution in [0.4, 0.5) is 4.39 Å². The van der Waals surface area contributed by atoms with E-state index in [9.17, 15) is 9.18 Å². The quantitative estimate of drug-likeness (QED) is 0.409. The van der Waals surface area contributed by atoms with Crippen molar-refractivity contribution in [1.29, 1.82) is 0 Å². The summed E-state index contributed by atoms with van der Waals surface area (Å²) in [6.07, 6.45) is 1.73. The van der Waals surface area contributed by atoms with Gasteiger partial charge in [0.25, 0.3) is 0 Å². The van der Waals surface area contributed by atoms with E-state index < -0.39 is 0 Å². The number of hydrazone groups is 1. The van der Waals surface area contributed by atoms with E-state index in [-0.39, 0.29) is 24.8 Å². The van der Waals surface area contributed by atoms with Gasteiger partial charge in [0.2, 0.25) is 5.91 Å². The van der Waals surface area contributed by atoms with E-state index in [1.165, 1.54) is 18.3 Å². The van der Waals surface area contributed by atoms with E-state index in [1.807, 2.05) is 32.0 Å². The Balaban J connectivity index is 1.63. The van der Waals surface area contributed by atoms with Crippen LogP contribution in [0, 0.1) is 19.7 Å². The number of benzene rings is 3. The van der Waals surface area contributed by atoms with E-state index in [0.717, 1.165) is 22.3 Å². The Morgan fingerprint density at radius 2 is 1.87 bits per heavy atom. The molecule has 0 fully saturated rings. The van der Waals surface area contributed by atoms with Gasteiger partial charge in [-0.05, 0) is 60.9 Å². The van der Waals surface area contributed by atoms with Crippen molar-refractivity contribution in [2.45, 2.75) is 26.9 Å². The molecule has 3 aromatic rings. The second-order valence-electron chi connectivity index (χ2n) is 7.00. The van der Waals surface area contributed by atoms with Crippen LogP contribution in [0.5, 0.6) is 5.75 Å². The lowest BCUT2D eigenvalue weighted by atomic mass is 10.0. The Morgan fingerprint density at radius 1 is 1.10 bits per heavy atom. The average molecular weight is 425 g/mol. The zero-order valence-electron chi connectivity index (χ0n) is 16.8. The Hall–Kier alpha value is -3.18. The molecule has 0 aromatic heterocycles. The lowest BCUT2D eigenvalue weighted by Gasteiger charge is -2.10. The molecule has 6 heteroatoms. The average Bonchev–Trinajstić information content (AvgIpc) is 2.71. The number of amides is 1. The largest absolute Gasteiger partial charge is 0.488 e. The Kier molecular flexibility index (Phi) is 7.20. The summed E-state index contributed by atoms with van der Waals surface area (Å²) < 4.78 is 18.8. The summed E-state index contributed by atoms with van der Waals surface area (Å²) in [6.45, 7) is 4.26. The minimum absolute atomic E-state index is 0.214. The first-order valence-electron chi connectivity index (χ1n) is 9.45. The fourth-order valence-electron chi connectivity index (χ4n) is 2.92. The molecule has 1 N–H and O–H groups in total. The van der Waals surface area contributed by atoms with Gasteiger partial charge in [-0.2, -0.15) is 5.10 Å². The van der Waals surface area contributed by atoms with Crippen LogP contribution >= 0.6 is 11.6 Å². The number of halogens is 2. The highest BCUT2D eigenvalue weighted by Gasteiger charge is 2.07. The fourth-order valence-corrected chi connectivity index (χ4v) is 3.10. The van der Waals surface area contributed by atoms with Gasteiger partial charge in [0.05, 0.1) is 12.6 Å². The predicted molar refractivity (Wildman–Crippen MR) is 118 cm³/mol. The normalized spacial score (nSPS) is 10.9. The van der Waals surface area contributed by atoms with Crippen LogP contribution in [0.3, 0.4) is 0 Å². The molecule has 3 rings (SSSR count). The number of hydrogen-bond acceptors (Lipinski definition) is 3. The van der Waals surface area contributed by atoms with Gasteiger partial charge in [-0.15, -0.1) is 0 Å². The van der Waals surface area contributed by atoms with Crippen LogP contribution in [-0.2, 0) is 17.8 Å². The highest BCUT2D eigenvalue weighted by molar-refractivity contribution is 6.30. The molecular weight excluding hydrogens is 403 g/mol. The number of nitrogens with one attached hydrogen (secondary N) is 1. The summed E-state index contributed by atoms with van der Waals surface area (Å²) in [4.78, 5) is 12.2. The zero-order chi connectivity index (χ0) is 21.5. The molecule has 0 aliphatic carbocycles. The molecule has 30 heavy (non-hydrogen) atoms. The summed E-state index contributed by atoms with van der Waals surface area (Å²) in [6, 6.07) is 17.2. The molecule has 0 atom stereocenters. The molecule has 0 spiro atoms. The molecule has 0 heterocycles. The van der Waals surface area contributed by atoms with E-state index in [0.29, 0.717) is 16.3 Å². The highest BCUT2D eigenvalue weighted by Crippen LogP contribution is 2.22. The van der Waals surface area contributed by atoms with Crippen molar-refractivity contribution in [3.63, 3.8) is 0 Å². The third-order valence-electron chi connectivity index (χ3n) is 4.52. The highest BCUT2D eigenvalue weighted by atomic mass is 35.5. The molecule has 0 saturated heterocycles. The number of ether oxygens (including phenoxy) is 1. The Morgan fingerprint density at radius 3 is 2.60 bits per heavy atom. The number of nitrogens with zero attached hydrogens (tertiary/aromatic N) is 1. The number of rotatable bonds is 7. The van der Waals surface area contributed by atoms with Gasteiger partial charge in [-0.3, -0.25) is 4.79 Å². The summed E-state index contributed by atoms with van der Waals surface area (Å²) in [5.74, 6) is 0.0414. The number of carbonyl (C=O) groups is 1. The fraction of sp³-hybridized carbons (Fsp3) is 0.167. The van der Waals surface area contributed by atoms with Gasteiger partial charge in [0, 0.05) is 10.6 Å². The molecule has 0 unspecified atom stereocenters. The smallest absolute Gasteiger partial charge is 0.244 e. The first kappa shape index (κ1) is 21.5. The van der Waals surface area contributed by atoms with Crippen molar-refractivity contribution in [3.8, 4) is 5.75 Å². The van der Waals surface area contributed by atoms with Crippen LogP contribution in [0.1, 0.15) is 27.8 Å². The summed E-state index contributed by atoms with van der Waals surface area (Å²) in [5.41, 5.74) is 7.17. The standard InChI is InChI=1S/C24H22ClFN2O2/c1-16-3-6-19(17(2)11-16)13-24(29)28-27-14-20-12-21(25)7-10-23(20)30-15-18-4-8-22(26)9-5-18/h3-12,14H,13,15H2,1-2H3,(H,28,29)/b27-14+. The monoisotopic (exact) mass is 424 g/mol. The van der Waals surface area contributed by atoms with Crippen molar-refractivity contribution in [2.75, 3.05) is 0 Å². The molecule has 0 aliphatic rings. The number of hydrogen-bond donors (Lipinski definition) is 1. The maximum Gasteiger partial charge on any atom is 0.244 e. The number of carbonyl (C=O) groups excluding carboxylic acids is 1. The number of aryl methyl sites for hydroxylation is 2. The van der Waals surface area contributed by atoms with Gasteiger partial charge in [0.15, 0.2) is 0 Å².